The predicted molar refractivity (Wildman–Crippen MR) is 63.0 cm³/mol. The zero-order chi connectivity index (χ0) is 13.2. The van der Waals surface area contributed by atoms with Crippen molar-refractivity contribution < 1.29 is 13.2 Å². The molecule has 0 bridgehead atoms. The van der Waals surface area contributed by atoms with Gasteiger partial charge in [-0.15, -0.1) is 0 Å². The molecule has 0 fully saturated rings. The van der Waals surface area contributed by atoms with Crippen LogP contribution in [0.1, 0.15) is 23.6 Å². The van der Waals surface area contributed by atoms with E-state index in [1.165, 1.54) is 24.4 Å². The number of nitrogens with zero attached hydrogens (tertiary/aromatic N) is 1. The van der Waals surface area contributed by atoms with Crippen molar-refractivity contribution in [2.45, 2.75) is 19.3 Å². The Kier molecular flexibility index (Phi) is 3.36. The fraction of sp³-hybridized carbons (Fsp3) is 0.214. The van der Waals surface area contributed by atoms with Crippen molar-refractivity contribution in [1.29, 1.82) is 0 Å². The minimum atomic E-state index is -2.86. The number of alkyl halides is 2. The van der Waals surface area contributed by atoms with Gasteiger partial charge in [-0.3, -0.25) is 4.98 Å². The number of hydrogen-bond acceptors (Lipinski definition) is 1. The highest BCUT2D eigenvalue weighted by Crippen LogP contribution is 2.27. The van der Waals surface area contributed by atoms with E-state index in [4.69, 9.17) is 0 Å². The molecule has 0 aliphatic heterocycles. The summed E-state index contributed by atoms with van der Waals surface area (Å²) in [5.74, 6) is -3.29. The van der Waals surface area contributed by atoms with Gasteiger partial charge in [0.2, 0.25) is 0 Å². The SMILES string of the molecule is CC(F)(F)c1cccc(Cc2cncc(F)c2)c1. The highest BCUT2D eigenvalue weighted by molar-refractivity contribution is 5.30. The summed E-state index contributed by atoms with van der Waals surface area (Å²) in [6.45, 7) is 0.857. The highest BCUT2D eigenvalue weighted by Gasteiger charge is 2.23. The number of halogens is 3. The summed E-state index contributed by atoms with van der Waals surface area (Å²) in [7, 11) is 0. The Balaban J connectivity index is 2.25. The smallest absolute Gasteiger partial charge is 0.261 e. The van der Waals surface area contributed by atoms with Gasteiger partial charge in [-0.2, -0.15) is 0 Å². The molecular formula is C14H12F3N. The van der Waals surface area contributed by atoms with Crippen LogP contribution in [-0.4, -0.2) is 4.98 Å². The van der Waals surface area contributed by atoms with Gasteiger partial charge in [-0.25, -0.2) is 13.2 Å². The molecule has 1 aromatic carbocycles. The number of hydrogen-bond donors (Lipinski definition) is 0. The molecule has 94 valence electrons. The van der Waals surface area contributed by atoms with Crippen molar-refractivity contribution >= 4 is 0 Å². The third-order valence-electron chi connectivity index (χ3n) is 2.60. The van der Waals surface area contributed by atoms with Gasteiger partial charge in [-0.05, 0) is 29.7 Å². The fourth-order valence-corrected chi connectivity index (χ4v) is 1.74. The zero-order valence-electron chi connectivity index (χ0n) is 9.83. The molecule has 0 unspecified atom stereocenters. The molecule has 0 N–H and O–H groups in total. The van der Waals surface area contributed by atoms with E-state index in [1.807, 2.05) is 0 Å². The lowest BCUT2D eigenvalue weighted by Gasteiger charge is -2.12. The largest absolute Gasteiger partial charge is 0.270 e. The lowest BCUT2D eigenvalue weighted by molar-refractivity contribution is 0.0174. The monoisotopic (exact) mass is 251 g/mol. The highest BCUT2D eigenvalue weighted by atomic mass is 19.3. The fourth-order valence-electron chi connectivity index (χ4n) is 1.74. The molecule has 0 saturated carbocycles. The number of rotatable bonds is 3. The molecule has 1 nitrogen and oxygen atoms in total. The van der Waals surface area contributed by atoms with Crippen molar-refractivity contribution in [2.75, 3.05) is 0 Å². The average Bonchev–Trinajstić information content (AvgIpc) is 2.28. The van der Waals surface area contributed by atoms with Gasteiger partial charge in [0.05, 0.1) is 6.20 Å². The second kappa shape index (κ2) is 4.80. The Bertz CT molecular complexity index is 547. The van der Waals surface area contributed by atoms with Crippen molar-refractivity contribution in [1.82, 2.24) is 4.98 Å². The number of benzene rings is 1. The van der Waals surface area contributed by atoms with E-state index >= 15 is 0 Å². The molecule has 1 aromatic heterocycles. The molecular weight excluding hydrogens is 239 g/mol. The van der Waals surface area contributed by atoms with Crippen LogP contribution in [0.25, 0.3) is 0 Å². The Morgan fingerprint density at radius 2 is 1.89 bits per heavy atom. The van der Waals surface area contributed by atoms with E-state index in [0.29, 0.717) is 17.5 Å². The summed E-state index contributed by atoms with van der Waals surface area (Å²) in [6, 6.07) is 7.48. The van der Waals surface area contributed by atoms with Crippen LogP contribution in [0.15, 0.2) is 42.7 Å². The predicted octanol–water partition coefficient (Wildman–Crippen LogP) is 3.92. The van der Waals surface area contributed by atoms with Crippen LogP contribution in [0.2, 0.25) is 0 Å². The van der Waals surface area contributed by atoms with Gasteiger partial charge in [0.15, 0.2) is 0 Å². The van der Waals surface area contributed by atoms with E-state index in [0.717, 1.165) is 13.1 Å². The molecule has 1 heterocycles. The lowest BCUT2D eigenvalue weighted by atomic mass is 10.0. The topological polar surface area (TPSA) is 12.9 Å². The van der Waals surface area contributed by atoms with Gasteiger partial charge in [0, 0.05) is 18.7 Å². The van der Waals surface area contributed by atoms with Gasteiger partial charge >= 0.3 is 0 Å². The molecule has 0 atom stereocenters. The van der Waals surface area contributed by atoms with Crippen molar-refractivity contribution in [3.05, 3.63) is 65.2 Å². The maximum Gasteiger partial charge on any atom is 0.270 e. The van der Waals surface area contributed by atoms with Crippen LogP contribution in [0, 0.1) is 5.82 Å². The van der Waals surface area contributed by atoms with Crippen molar-refractivity contribution in [3.8, 4) is 0 Å². The summed E-state index contributed by atoms with van der Waals surface area (Å²) >= 11 is 0. The molecule has 0 radical (unpaired) electrons. The van der Waals surface area contributed by atoms with Crippen LogP contribution in [0.3, 0.4) is 0 Å². The first-order valence-corrected chi connectivity index (χ1v) is 5.52. The molecule has 0 saturated heterocycles. The normalized spacial score (nSPS) is 11.6. The summed E-state index contributed by atoms with van der Waals surface area (Å²) in [5.41, 5.74) is 1.33. The van der Waals surface area contributed by atoms with Crippen LogP contribution in [0.5, 0.6) is 0 Å². The van der Waals surface area contributed by atoms with Crippen LogP contribution >= 0.6 is 0 Å². The van der Waals surface area contributed by atoms with Gasteiger partial charge in [0.1, 0.15) is 5.82 Å². The first-order valence-electron chi connectivity index (χ1n) is 5.52. The maximum atomic E-state index is 13.2. The molecule has 18 heavy (non-hydrogen) atoms. The molecule has 2 aromatic rings. The quantitative estimate of drug-likeness (QED) is 0.805. The summed E-state index contributed by atoms with van der Waals surface area (Å²) in [6.07, 6.45) is 3.02. The minimum Gasteiger partial charge on any atom is -0.261 e. The second-order valence-corrected chi connectivity index (χ2v) is 4.28. The minimum absolute atomic E-state index is 0.0376. The van der Waals surface area contributed by atoms with E-state index in [1.54, 1.807) is 12.1 Å². The van der Waals surface area contributed by atoms with Gasteiger partial charge in [-0.1, -0.05) is 18.2 Å². The average molecular weight is 251 g/mol. The van der Waals surface area contributed by atoms with Gasteiger partial charge < -0.3 is 0 Å². The molecule has 0 spiro atoms. The van der Waals surface area contributed by atoms with E-state index in [2.05, 4.69) is 4.98 Å². The zero-order valence-corrected chi connectivity index (χ0v) is 9.83. The number of pyridine rings is 1. The van der Waals surface area contributed by atoms with Crippen LogP contribution in [-0.2, 0) is 12.3 Å². The molecule has 0 aliphatic rings. The number of aromatic nitrogens is 1. The Morgan fingerprint density at radius 1 is 1.11 bits per heavy atom. The first kappa shape index (κ1) is 12.6. The van der Waals surface area contributed by atoms with Crippen LogP contribution < -0.4 is 0 Å². The van der Waals surface area contributed by atoms with E-state index in [-0.39, 0.29) is 5.56 Å². The maximum absolute atomic E-state index is 13.2. The molecule has 0 aliphatic carbocycles. The van der Waals surface area contributed by atoms with Crippen molar-refractivity contribution in [2.24, 2.45) is 0 Å². The lowest BCUT2D eigenvalue weighted by Crippen LogP contribution is -2.07. The Morgan fingerprint density at radius 3 is 2.56 bits per heavy atom. The Labute approximate surface area is 103 Å². The van der Waals surface area contributed by atoms with Gasteiger partial charge in [0.25, 0.3) is 5.92 Å². The van der Waals surface area contributed by atoms with Crippen molar-refractivity contribution in [3.63, 3.8) is 0 Å². The molecule has 0 amide bonds. The Hall–Kier alpha value is -1.84. The summed E-state index contributed by atoms with van der Waals surface area (Å²) in [5, 5.41) is 0. The standard InChI is InChI=1S/C14H12F3N/c1-14(16,17)12-4-2-3-10(6-12)5-11-7-13(15)9-18-8-11/h2-4,6-9H,5H2,1H3. The van der Waals surface area contributed by atoms with E-state index < -0.39 is 11.7 Å². The summed E-state index contributed by atoms with van der Waals surface area (Å²) < 4.78 is 39.3. The molecule has 4 heteroatoms. The van der Waals surface area contributed by atoms with E-state index in [9.17, 15) is 13.2 Å². The second-order valence-electron chi connectivity index (χ2n) is 4.28. The third kappa shape index (κ3) is 3.09. The van der Waals surface area contributed by atoms with Crippen LogP contribution in [0.4, 0.5) is 13.2 Å². The first-order chi connectivity index (χ1) is 8.45. The molecule has 2 rings (SSSR count). The third-order valence-corrected chi connectivity index (χ3v) is 2.60. The summed E-state index contributed by atoms with van der Waals surface area (Å²) in [4.78, 5) is 3.73.